The lowest BCUT2D eigenvalue weighted by molar-refractivity contribution is 0.0939. The Labute approximate surface area is 122 Å². The second-order valence-corrected chi connectivity index (χ2v) is 4.64. The van der Waals surface area contributed by atoms with Gasteiger partial charge in [0.2, 0.25) is 0 Å². The average molecular weight is 291 g/mol. The molecule has 1 N–H and O–H groups in total. The summed E-state index contributed by atoms with van der Waals surface area (Å²) < 4.78 is 5.29. The summed E-state index contributed by atoms with van der Waals surface area (Å²) in [5.41, 5.74) is 1.26. The zero-order valence-electron chi connectivity index (χ0n) is 11.3. The van der Waals surface area contributed by atoms with Crippen LogP contribution in [0.25, 0.3) is 0 Å². The molecule has 0 aliphatic rings. The van der Waals surface area contributed by atoms with Crippen molar-refractivity contribution in [3.8, 4) is 5.75 Å². The maximum atomic E-state index is 12.2. The quantitative estimate of drug-likeness (QED) is 0.880. The molecule has 0 saturated heterocycles. The van der Waals surface area contributed by atoms with Crippen molar-refractivity contribution in [2.24, 2.45) is 0 Å². The molecular weight excluding hydrogens is 276 g/mol. The van der Waals surface area contributed by atoms with Crippen molar-refractivity contribution in [3.05, 3.63) is 58.9 Å². The maximum Gasteiger partial charge on any atom is 0.254 e. The fourth-order valence-electron chi connectivity index (χ4n) is 1.93. The molecule has 0 aliphatic heterocycles. The first kappa shape index (κ1) is 14.3. The number of halogens is 1. The molecule has 2 rings (SSSR count). The van der Waals surface area contributed by atoms with Gasteiger partial charge in [-0.05, 0) is 25.1 Å². The molecule has 0 aliphatic carbocycles. The summed E-state index contributed by atoms with van der Waals surface area (Å²) in [4.78, 5) is 16.1. The number of hydrogen-bond acceptors (Lipinski definition) is 3. The number of rotatable bonds is 4. The first-order chi connectivity index (χ1) is 9.63. The Hall–Kier alpha value is -2.07. The highest BCUT2D eigenvalue weighted by Gasteiger charge is 2.16. The summed E-state index contributed by atoms with van der Waals surface area (Å²) >= 11 is 5.91. The Kier molecular flexibility index (Phi) is 4.58. The van der Waals surface area contributed by atoms with Gasteiger partial charge in [0.15, 0.2) is 0 Å². The predicted octanol–water partition coefficient (Wildman–Crippen LogP) is 3.23. The molecule has 4 nitrogen and oxygen atoms in total. The molecule has 0 radical (unpaired) electrons. The summed E-state index contributed by atoms with van der Waals surface area (Å²) in [6.45, 7) is 1.89. The fraction of sp³-hybridized carbons (Fsp3) is 0.200. The summed E-state index contributed by atoms with van der Waals surface area (Å²) in [6, 6.07) is 10.7. The van der Waals surface area contributed by atoms with E-state index in [-0.39, 0.29) is 17.1 Å². The van der Waals surface area contributed by atoms with Crippen molar-refractivity contribution in [1.82, 2.24) is 10.3 Å². The van der Waals surface area contributed by atoms with Gasteiger partial charge < -0.3 is 10.1 Å². The average Bonchev–Trinajstić information content (AvgIpc) is 2.47. The van der Waals surface area contributed by atoms with Crippen molar-refractivity contribution in [1.29, 1.82) is 0 Å². The van der Waals surface area contributed by atoms with Crippen molar-refractivity contribution >= 4 is 17.5 Å². The van der Waals surface area contributed by atoms with Gasteiger partial charge in [0.05, 0.1) is 18.7 Å². The first-order valence-corrected chi connectivity index (χ1v) is 6.55. The number of ether oxygens (including phenoxy) is 1. The van der Waals surface area contributed by atoms with Crippen LogP contribution in [0.1, 0.15) is 28.9 Å². The Bertz CT molecular complexity index is 616. The lowest BCUT2D eigenvalue weighted by Crippen LogP contribution is -2.27. The molecule has 1 amide bonds. The van der Waals surface area contributed by atoms with Crippen LogP contribution in [0.2, 0.25) is 5.15 Å². The number of para-hydroxylation sites is 1. The Morgan fingerprint density at radius 1 is 1.30 bits per heavy atom. The number of pyridine rings is 1. The van der Waals surface area contributed by atoms with Gasteiger partial charge >= 0.3 is 0 Å². The summed E-state index contributed by atoms with van der Waals surface area (Å²) in [5, 5.41) is 3.08. The number of carbonyl (C=O) groups is 1. The standard InChI is InChI=1S/C15H15ClN2O2/c1-10(11-6-3-4-8-13(11)20-2)18-15(19)12-7-5-9-17-14(12)16/h3-10H,1-2H3,(H,18,19). The van der Waals surface area contributed by atoms with Crippen molar-refractivity contribution < 1.29 is 9.53 Å². The molecule has 0 fully saturated rings. The summed E-state index contributed by atoms with van der Waals surface area (Å²) in [6.07, 6.45) is 1.54. The molecular formula is C15H15ClN2O2. The number of aromatic nitrogens is 1. The second-order valence-electron chi connectivity index (χ2n) is 4.28. The van der Waals surface area contributed by atoms with E-state index in [0.29, 0.717) is 5.56 Å². The van der Waals surface area contributed by atoms with Crippen LogP contribution in [0.15, 0.2) is 42.6 Å². The van der Waals surface area contributed by atoms with Gasteiger partial charge in [0, 0.05) is 11.8 Å². The van der Waals surface area contributed by atoms with Crippen LogP contribution < -0.4 is 10.1 Å². The van der Waals surface area contributed by atoms with Crippen LogP contribution in [0.3, 0.4) is 0 Å². The molecule has 2 aromatic rings. The zero-order valence-corrected chi connectivity index (χ0v) is 12.0. The number of amides is 1. The molecule has 0 saturated carbocycles. The van der Waals surface area contributed by atoms with Crippen molar-refractivity contribution in [2.45, 2.75) is 13.0 Å². The molecule has 1 heterocycles. The van der Waals surface area contributed by atoms with Crippen molar-refractivity contribution in [2.75, 3.05) is 7.11 Å². The van der Waals surface area contributed by atoms with E-state index in [4.69, 9.17) is 16.3 Å². The smallest absolute Gasteiger partial charge is 0.254 e. The molecule has 1 aromatic heterocycles. The lowest BCUT2D eigenvalue weighted by atomic mass is 10.1. The summed E-state index contributed by atoms with van der Waals surface area (Å²) in [5.74, 6) is 0.471. The van der Waals surface area contributed by atoms with Gasteiger partial charge in [0.1, 0.15) is 10.9 Å². The molecule has 104 valence electrons. The second kappa shape index (κ2) is 6.39. The van der Waals surface area contributed by atoms with E-state index in [0.717, 1.165) is 11.3 Å². The largest absolute Gasteiger partial charge is 0.496 e. The van der Waals surface area contributed by atoms with Crippen LogP contribution in [-0.4, -0.2) is 18.0 Å². The van der Waals surface area contributed by atoms with Gasteiger partial charge in [-0.1, -0.05) is 29.8 Å². The van der Waals surface area contributed by atoms with E-state index in [1.807, 2.05) is 31.2 Å². The summed E-state index contributed by atoms with van der Waals surface area (Å²) in [7, 11) is 1.60. The van der Waals surface area contributed by atoms with E-state index in [1.54, 1.807) is 25.4 Å². The molecule has 1 atom stereocenters. The van der Waals surface area contributed by atoms with Crippen LogP contribution in [0.5, 0.6) is 5.75 Å². The van der Waals surface area contributed by atoms with Gasteiger partial charge in [-0.15, -0.1) is 0 Å². The number of nitrogens with one attached hydrogen (secondary N) is 1. The Balaban J connectivity index is 2.18. The number of nitrogens with zero attached hydrogens (tertiary/aromatic N) is 1. The zero-order chi connectivity index (χ0) is 14.5. The minimum absolute atomic E-state index is 0.192. The van der Waals surface area contributed by atoms with E-state index in [2.05, 4.69) is 10.3 Å². The first-order valence-electron chi connectivity index (χ1n) is 6.17. The Morgan fingerprint density at radius 2 is 2.05 bits per heavy atom. The normalized spacial score (nSPS) is 11.8. The molecule has 1 aromatic carbocycles. The molecule has 20 heavy (non-hydrogen) atoms. The van der Waals surface area contributed by atoms with E-state index < -0.39 is 0 Å². The third-order valence-electron chi connectivity index (χ3n) is 2.96. The SMILES string of the molecule is COc1ccccc1C(C)NC(=O)c1cccnc1Cl. The number of hydrogen-bond donors (Lipinski definition) is 1. The highest BCUT2D eigenvalue weighted by molar-refractivity contribution is 6.32. The Morgan fingerprint density at radius 3 is 2.75 bits per heavy atom. The highest BCUT2D eigenvalue weighted by Crippen LogP contribution is 2.24. The third kappa shape index (κ3) is 3.08. The van der Waals surface area contributed by atoms with Crippen LogP contribution in [0.4, 0.5) is 0 Å². The van der Waals surface area contributed by atoms with Gasteiger partial charge in [-0.2, -0.15) is 0 Å². The van der Waals surface area contributed by atoms with E-state index in [9.17, 15) is 4.79 Å². The molecule has 0 bridgehead atoms. The topological polar surface area (TPSA) is 51.2 Å². The van der Waals surface area contributed by atoms with Crippen LogP contribution >= 0.6 is 11.6 Å². The number of methoxy groups -OCH3 is 1. The van der Waals surface area contributed by atoms with Gasteiger partial charge in [-0.3, -0.25) is 4.79 Å². The van der Waals surface area contributed by atoms with E-state index >= 15 is 0 Å². The number of benzene rings is 1. The molecule has 0 spiro atoms. The third-order valence-corrected chi connectivity index (χ3v) is 3.26. The maximum absolute atomic E-state index is 12.2. The fourth-order valence-corrected chi connectivity index (χ4v) is 2.14. The highest BCUT2D eigenvalue weighted by atomic mass is 35.5. The molecule has 5 heteroatoms. The molecule has 1 unspecified atom stereocenters. The van der Waals surface area contributed by atoms with Gasteiger partial charge in [-0.25, -0.2) is 4.98 Å². The predicted molar refractivity (Wildman–Crippen MR) is 78.1 cm³/mol. The van der Waals surface area contributed by atoms with Crippen LogP contribution in [-0.2, 0) is 0 Å². The number of carbonyl (C=O) groups excluding carboxylic acids is 1. The van der Waals surface area contributed by atoms with Crippen molar-refractivity contribution in [3.63, 3.8) is 0 Å². The van der Waals surface area contributed by atoms with E-state index in [1.165, 1.54) is 0 Å². The minimum Gasteiger partial charge on any atom is -0.496 e. The van der Waals surface area contributed by atoms with Crippen LogP contribution in [0, 0.1) is 0 Å². The minimum atomic E-state index is -0.262. The lowest BCUT2D eigenvalue weighted by Gasteiger charge is -2.17. The van der Waals surface area contributed by atoms with Gasteiger partial charge in [0.25, 0.3) is 5.91 Å². The monoisotopic (exact) mass is 290 g/mol.